The molecule has 0 aliphatic carbocycles. The van der Waals surface area contributed by atoms with Crippen LogP contribution >= 0.6 is 12.2 Å². The van der Waals surface area contributed by atoms with Gasteiger partial charge in [-0.1, -0.05) is 13.0 Å². The number of nitrogens with zero attached hydrogens (tertiary/aromatic N) is 3. The molecule has 8 heteroatoms. The maximum atomic E-state index is 12.7. The summed E-state index contributed by atoms with van der Waals surface area (Å²) in [5, 5.41) is 7.17. The number of rotatable bonds is 5. The lowest BCUT2D eigenvalue weighted by molar-refractivity contribution is 0.758. The number of aromatic nitrogens is 2. The third-order valence-corrected chi connectivity index (χ3v) is 3.54. The van der Waals surface area contributed by atoms with Crippen molar-refractivity contribution in [3.05, 3.63) is 39.8 Å². The van der Waals surface area contributed by atoms with E-state index < -0.39 is 0 Å². The highest BCUT2D eigenvalue weighted by Gasteiger charge is 2.13. The lowest BCUT2D eigenvalue weighted by Crippen LogP contribution is -2.27. The summed E-state index contributed by atoms with van der Waals surface area (Å²) in [5.74, 6) is 0.493. The molecule has 7 nitrogen and oxygen atoms in total. The number of thiocarbonyl (C=S) groups is 1. The summed E-state index contributed by atoms with van der Waals surface area (Å²) in [5.41, 5.74) is 9.45. The molecule has 122 valence electrons. The standard InChI is InChI=1S/C15H20N6OS/c1-4-10(3)18-12-11(8-17-20-15(16)23)14(22)21-7-5-6-9(2)13(21)19-12/h5-8,10,18H,4H2,1-3H3,(H3,16,20,23)/t10-/m0/s1. The molecule has 0 unspecified atom stereocenters. The zero-order valence-corrected chi connectivity index (χ0v) is 14.1. The van der Waals surface area contributed by atoms with E-state index in [0.717, 1.165) is 12.0 Å². The summed E-state index contributed by atoms with van der Waals surface area (Å²) in [6, 6.07) is 3.89. The first-order chi connectivity index (χ1) is 10.9. The topological polar surface area (TPSA) is 96.8 Å². The van der Waals surface area contributed by atoms with Crippen molar-refractivity contribution in [2.75, 3.05) is 5.32 Å². The number of pyridine rings is 1. The van der Waals surface area contributed by atoms with Crippen LogP contribution in [0.4, 0.5) is 5.82 Å². The largest absolute Gasteiger partial charge is 0.375 e. The van der Waals surface area contributed by atoms with E-state index in [1.165, 1.54) is 10.6 Å². The van der Waals surface area contributed by atoms with Crippen molar-refractivity contribution in [2.45, 2.75) is 33.2 Å². The fraction of sp³-hybridized carbons (Fsp3) is 0.333. The van der Waals surface area contributed by atoms with Crippen LogP contribution in [0.2, 0.25) is 0 Å². The maximum Gasteiger partial charge on any atom is 0.268 e. The van der Waals surface area contributed by atoms with Crippen LogP contribution in [0.15, 0.2) is 28.2 Å². The van der Waals surface area contributed by atoms with Gasteiger partial charge in [0, 0.05) is 12.2 Å². The van der Waals surface area contributed by atoms with Crippen molar-refractivity contribution in [2.24, 2.45) is 10.8 Å². The Kier molecular flexibility index (Phi) is 5.28. The molecular weight excluding hydrogens is 312 g/mol. The molecule has 4 N–H and O–H groups in total. The monoisotopic (exact) mass is 332 g/mol. The molecule has 23 heavy (non-hydrogen) atoms. The summed E-state index contributed by atoms with van der Waals surface area (Å²) in [6.45, 7) is 5.99. The second kappa shape index (κ2) is 7.19. The Morgan fingerprint density at radius 3 is 3.00 bits per heavy atom. The van der Waals surface area contributed by atoms with Gasteiger partial charge >= 0.3 is 0 Å². The Hall–Kier alpha value is -2.48. The fourth-order valence-electron chi connectivity index (χ4n) is 2.03. The first kappa shape index (κ1) is 16.9. The van der Waals surface area contributed by atoms with Crippen molar-refractivity contribution in [3.8, 4) is 0 Å². The average molecular weight is 332 g/mol. The highest BCUT2D eigenvalue weighted by Crippen LogP contribution is 2.13. The number of aryl methyl sites for hydroxylation is 1. The van der Waals surface area contributed by atoms with Crippen LogP contribution in [0.1, 0.15) is 31.4 Å². The van der Waals surface area contributed by atoms with Crippen molar-refractivity contribution in [3.63, 3.8) is 0 Å². The molecule has 2 aromatic heterocycles. The molecule has 0 spiro atoms. The Balaban J connectivity index is 2.62. The van der Waals surface area contributed by atoms with E-state index in [0.29, 0.717) is 17.0 Å². The second-order valence-electron chi connectivity index (χ2n) is 5.25. The maximum absolute atomic E-state index is 12.7. The van der Waals surface area contributed by atoms with E-state index in [1.54, 1.807) is 12.3 Å². The van der Waals surface area contributed by atoms with Crippen LogP contribution in [0.25, 0.3) is 5.65 Å². The Morgan fingerprint density at radius 2 is 2.35 bits per heavy atom. The quantitative estimate of drug-likeness (QED) is 0.435. The molecule has 0 bridgehead atoms. The molecule has 0 radical (unpaired) electrons. The van der Waals surface area contributed by atoms with Gasteiger partial charge < -0.3 is 11.1 Å². The summed E-state index contributed by atoms with van der Waals surface area (Å²) < 4.78 is 1.50. The van der Waals surface area contributed by atoms with Gasteiger partial charge in [-0.25, -0.2) is 4.98 Å². The summed E-state index contributed by atoms with van der Waals surface area (Å²) in [6.07, 6.45) is 3.97. The normalized spacial score (nSPS) is 12.5. The third-order valence-electron chi connectivity index (χ3n) is 3.45. The predicted octanol–water partition coefficient (Wildman–Crippen LogP) is 1.38. The fourth-order valence-corrected chi connectivity index (χ4v) is 2.09. The number of nitrogens with two attached hydrogens (primary N) is 1. The highest BCUT2D eigenvalue weighted by molar-refractivity contribution is 7.80. The smallest absolute Gasteiger partial charge is 0.268 e. The Morgan fingerprint density at radius 1 is 1.61 bits per heavy atom. The first-order valence-electron chi connectivity index (χ1n) is 7.31. The Bertz CT molecular complexity index is 813. The number of hydrogen-bond acceptors (Lipinski definition) is 5. The second-order valence-corrected chi connectivity index (χ2v) is 5.69. The van der Waals surface area contributed by atoms with Crippen LogP contribution in [-0.2, 0) is 0 Å². The predicted molar refractivity (Wildman–Crippen MR) is 97.1 cm³/mol. The van der Waals surface area contributed by atoms with E-state index in [4.69, 9.17) is 18.0 Å². The molecule has 2 aromatic rings. The van der Waals surface area contributed by atoms with Gasteiger partial charge in [0.25, 0.3) is 5.56 Å². The molecule has 0 aliphatic heterocycles. The van der Waals surface area contributed by atoms with Gasteiger partial charge in [-0.2, -0.15) is 5.10 Å². The number of nitrogens with one attached hydrogen (secondary N) is 2. The van der Waals surface area contributed by atoms with E-state index in [2.05, 4.69) is 27.8 Å². The van der Waals surface area contributed by atoms with Crippen LogP contribution in [0, 0.1) is 6.92 Å². The van der Waals surface area contributed by atoms with Gasteiger partial charge in [-0.05, 0) is 44.1 Å². The number of fused-ring (bicyclic) bond motifs is 1. The van der Waals surface area contributed by atoms with Crippen molar-refractivity contribution in [1.82, 2.24) is 14.8 Å². The lowest BCUT2D eigenvalue weighted by Gasteiger charge is -2.15. The van der Waals surface area contributed by atoms with Crippen molar-refractivity contribution >= 4 is 35.0 Å². The van der Waals surface area contributed by atoms with Crippen LogP contribution < -0.4 is 22.0 Å². The van der Waals surface area contributed by atoms with Crippen molar-refractivity contribution in [1.29, 1.82) is 0 Å². The molecule has 0 aromatic carbocycles. The summed E-state index contributed by atoms with van der Waals surface area (Å²) >= 11 is 4.70. The van der Waals surface area contributed by atoms with Gasteiger partial charge in [0.05, 0.1) is 6.21 Å². The lowest BCUT2D eigenvalue weighted by atomic mass is 10.2. The minimum absolute atomic E-state index is 0.0300. The van der Waals surface area contributed by atoms with Crippen LogP contribution in [0.5, 0.6) is 0 Å². The number of hydrogen-bond donors (Lipinski definition) is 3. The molecule has 2 rings (SSSR count). The zero-order chi connectivity index (χ0) is 17.0. The van der Waals surface area contributed by atoms with E-state index >= 15 is 0 Å². The third kappa shape index (κ3) is 3.84. The molecule has 0 saturated heterocycles. The van der Waals surface area contributed by atoms with Gasteiger partial charge in [-0.15, -0.1) is 0 Å². The van der Waals surface area contributed by atoms with Gasteiger partial charge in [0.15, 0.2) is 5.11 Å². The van der Waals surface area contributed by atoms with Gasteiger partial charge in [0.2, 0.25) is 0 Å². The minimum atomic E-state index is -0.210. The molecule has 0 amide bonds. The van der Waals surface area contributed by atoms with Crippen LogP contribution in [-0.4, -0.2) is 26.8 Å². The highest BCUT2D eigenvalue weighted by atomic mass is 32.1. The van der Waals surface area contributed by atoms with E-state index in [1.807, 2.05) is 19.9 Å². The van der Waals surface area contributed by atoms with Gasteiger partial charge in [0.1, 0.15) is 17.0 Å². The zero-order valence-electron chi connectivity index (χ0n) is 13.3. The minimum Gasteiger partial charge on any atom is -0.375 e. The number of hydrazone groups is 1. The van der Waals surface area contributed by atoms with E-state index in [9.17, 15) is 4.79 Å². The van der Waals surface area contributed by atoms with E-state index in [-0.39, 0.29) is 16.7 Å². The molecule has 1 atom stereocenters. The molecule has 0 saturated carbocycles. The average Bonchev–Trinajstić information content (AvgIpc) is 2.51. The van der Waals surface area contributed by atoms with Crippen LogP contribution in [0.3, 0.4) is 0 Å². The summed E-state index contributed by atoms with van der Waals surface area (Å²) in [4.78, 5) is 17.3. The number of anilines is 1. The Labute approximate surface area is 139 Å². The first-order valence-corrected chi connectivity index (χ1v) is 7.72. The summed E-state index contributed by atoms with van der Waals surface area (Å²) in [7, 11) is 0. The SMILES string of the molecule is CC[C@H](C)Nc1nc2c(C)cccn2c(=O)c1C=NNC(N)=S. The van der Waals surface area contributed by atoms with Gasteiger partial charge in [-0.3, -0.25) is 14.6 Å². The molecule has 0 fully saturated rings. The van der Waals surface area contributed by atoms with Crippen molar-refractivity contribution < 1.29 is 0 Å². The molecule has 0 aliphatic rings. The molecular formula is C15H20N6OS. The molecule has 2 heterocycles.